The number of fused-ring (bicyclic) bond motifs is 1. The van der Waals surface area contributed by atoms with E-state index in [1.807, 2.05) is 12.1 Å². The first-order chi connectivity index (χ1) is 10.8. The predicted molar refractivity (Wildman–Crippen MR) is 85.5 cm³/mol. The minimum Gasteiger partial charge on any atom is -0.355 e. The highest BCUT2D eigenvalue weighted by molar-refractivity contribution is 5.76. The molecule has 2 aromatic heterocycles. The van der Waals surface area contributed by atoms with Gasteiger partial charge in [0, 0.05) is 31.6 Å². The van der Waals surface area contributed by atoms with E-state index in [1.54, 1.807) is 6.20 Å². The van der Waals surface area contributed by atoms with Crippen LogP contribution in [-0.4, -0.2) is 51.4 Å². The number of aromatic nitrogens is 3. The minimum atomic E-state index is 0.0939. The highest BCUT2D eigenvalue weighted by atomic mass is 16.1. The largest absolute Gasteiger partial charge is 0.355 e. The highest BCUT2D eigenvalue weighted by Gasteiger charge is 2.23. The van der Waals surface area contributed by atoms with Gasteiger partial charge < -0.3 is 10.3 Å². The summed E-state index contributed by atoms with van der Waals surface area (Å²) in [5, 5.41) is 3.06. The molecule has 1 saturated heterocycles. The number of likely N-dealkylation sites (N-methyl/N-ethyl adjacent to an activating group) is 1. The lowest BCUT2D eigenvalue weighted by Crippen LogP contribution is -2.40. The molecule has 0 spiro atoms. The molecule has 1 atom stereocenters. The van der Waals surface area contributed by atoms with Gasteiger partial charge in [-0.15, -0.1) is 0 Å². The number of rotatable bonds is 6. The summed E-state index contributed by atoms with van der Waals surface area (Å²) < 4.78 is 0. The second-order valence-electron chi connectivity index (χ2n) is 5.79. The van der Waals surface area contributed by atoms with E-state index in [9.17, 15) is 4.79 Å². The molecule has 1 aliphatic rings. The standard InChI is InChI=1S/C16H23N5O/c1-2-21-10-4-5-12(21)11-18-15(22)8-7-14-19-13-6-3-9-17-16(13)20-14/h3,6,9,12H,2,4-5,7-8,10-11H2,1H3,(H,18,22)(H,17,19,20)/t12-/m1/s1. The van der Waals surface area contributed by atoms with Crippen molar-refractivity contribution in [3.05, 3.63) is 24.2 Å². The molecule has 6 nitrogen and oxygen atoms in total. The Morgan fingerprint density at radius 2 is 2.45 bits per heavy atom. The molecule has 2 aromatic rings. The summed E-state index contributed by atoms with van der Waals surface area (Å²) in [6.07, 6.45) is 5.22. The van der Waals surface area contributed by atoms with Crippen LogP contribution in [0.15, 0.2) is 18.3 Å². The summed E-state index contributed by atoms with van der Waals surface area (Å²) in [7, 11) is 0. The zero-order valence-electron chi connectivity index (χ0n) is 13.0. The summed E-state index contributed by atoms with van der Waals surface area (Å²) in [4.78, 5) is 26.2. The quantitative estimate of drug-likeness (QED) is 0.848. The number of hydrogen-bond acceptors (Lipinski definition) is 4. The van der Waals surface area contributed by atoms with Crippen LogP contribution in [0.3, 0.4) is 0 Å². The lowest BCUT2D eigenvalue weighted by Gasteiger charge is -2.22. The maximum atomic E-state index is 12.0. The first-order valence-electron chi connectivity index (χ1n) is 8.06. The van der Waals surface area contributed by atoms with Crippen LogP contribution in [0, 0.1) is 0 Å². The summed E-state index contributed by atoms with van der Waals surface area (Å²) in [6.45, 7) is 5.15. The molecule has 3 heterocycles. The zero-order valence-corrected chi connectivity index (χ0v) is 13.0. The summed E-state index contributed by atoms with van der Waals surface area (Å²) >= 11 is 0. The molecule has 0 bridgehead atoms. The second-order valence-corrected chi connectivity index (χ2v) is 5.79. The lowest BCUT2D eigenvalue weighted by molar-refractivity contribution is -0.121. The Labute approximate surface area is 130 Å². The van der Waals surface area contributed by atoms with Crippen molar-refractivity contribution in [3.8, 4) is 0 Å². The van der Waals surface area contributed by atoms with E-state index in [1.165, 1.54) is 12.8 Å². The van der Waals surface area contributed by atoms with E-state index in [-0.39, 0.29) is 5.91 Å². The Bertz CT molecular complexity index is 605. The van der Waals surface area contributed by atoms with E-state index in [0.29, 0.717) is 24.5 Å². The van der Waals surface area contributed by atoms with E-state index in [2.05, 4.69) is 32.1 Å². The van der Waals surface area contributed by atoms with Crippen molar-refractivity contribution in [1.82, 2.24) is 25.2 Å². The number of carbonyl (C=O) groups is 1. The minimum absolute atomic E-state index is 0.0939. The number of likely N-dealkylation sites (tertiary alicyclic amines) is 1. The van der Waals surface area contributed by atoms with Crippen LogP contribution >= 0.6 is 0 Å². The summed E-state index contributed by atoms with van der Waals surface area (Å²) in [5.41, 5.74) is 1.63. The number of hydrogen-bond donors (Lipinski definition) is 2. The fraction of sp³-hybridized carbons (Fsp3) is 0.562. The third-order valence-electron chi connectivity index (χ3n) is 4.34. The fourth-order valence-corrected chi connectivity index (χ4v) is 3.11. The van der Waals surface area contributed by atoms with Crippen molar-refractivity contribution in [2.45, 2.75) is 38.6 Å². The molecule has 22 heavy (non-hydrogen) atoms. The Balaban J connectivity index is 1.46. The Kier molecular flexibility index (Phi) is 4.68. The Morgan fingerprint density at radius 3 is 3.27 bits per heavy atom. The van der Waals surface area contributed by atoms with E-state index in [0.717, 1.165) is 31.0 Å². The van der Waals surface area contributed by atoms with Gasteiger partial charge in [-0.25, -0.2) is 9.97 Å². The molecule has 1 aliphatic heterocycles. The molecule has 0 aromatic carbocycles. The van der Waals surface area contributed by atoms with Gasteiger partial charge in [-0.2, -0.15) is 0 Å². The van der Waals surface area contributed by atoms with Gasteiger partial charge in [0.05, 0.1) is 5.52 Å². The van der Waals surface area contributed by atoms with Crippen molar-refractivity contribution in [1.29, 1.82) is 0 Å². The van der Waals surface area contributed by atoms with Crippen LogP contribution in [0.25, 0.3) is 11.2 Å². The predicted octanol–water partition coefficient (Wildman–Crippen LogP) is 1.49. The number of imidazole rings is 1. The van der Waals surface area contributed by atoms with Crippen molar-refractivity contribution >= 4 is 17.1 Å². The average Bonchev–Trinajstić information content (AvgIpc) is 3.16. The molecular formula is C16H23N5O. The molecule has 0 unspecified atom stereocenters. The number of nitrogens with zero attached hydrogens (tertiary/aromatic N) is 3. The van der Waals surface area contributed by atoms with Crippen LogP contribution in [0.1, 0.15) is 32.0 Å². The molecular weight excluding hydrogens is 278 g/mol. The van der Waals surface area contributed by atoms with Crippen LogP contribution < -0.4 is 5.32 Å². The third kappa shape index (κ3) is 3.44. The van der Waals surface area contributed by atoms with Gasteiger partial charge in [-0.1, -0.05) is 6.92 Å². The fourth-order valence-electron chi connectivity index (χ4n) is 3.11. The summed E-state index contributed by atoms with van der Waals surface area (Å²) in [5.74, 6) is 0.913. The van der Waals surface area contributed by atoms with Crippen molar-refractivity contribution in [3.63, 3.8) is 0 Å². The normalized spacial score (nSPS) is 18.9. The topological polar surface area (TPSA) is 73.9 Å². The number of nitrogens with one attached hydrogen (secondary N) is 2. The number of amides is 1. The first kappa shape index (κ1) is 15.0. The molecule has 6 heteroatoms. The van der Waals surface area contributed by atoms with E-state index >= 15 is 0 Å². The lowest BCUT2D eigenvalue weighted by atomic mass is 10.2. The zero-order chi connectivity index (χ0) is 15.4. The summed E-state index contributed by atoms with van der Waals surface area (Å²) in [6, 6.07) is 4.32. The van der Waals surface area contributed by atoms with Gasteiger partial charge in [0.1, 0.15) is 5.82 Å². The average molecular weight is 301 g/mol. The SMILES string of the molecule is CCN1CCC[C@@H]1CNC(=O)CCc1nc2ncccc2[nH]1. The Hall–Kier alpha value is -1.95. The molecule has 0 saturated carbocycles. The number of H-pyrrole nitrogens is 1. The maximum absolute atomic E-state index is 12.0. The third-order valence-corrected chi connectivity index (χ3v) is 4.34. The monoisotopic (exact) mass is 301 g/mol. The van der Waals surface area contributed by atoms with Gasteiger partial charge in [0.15, 0.2) is 5.65 Å². The van der Waals surface area contributed by atoms with Gasteiger partial charge in [0.2, 0.25) is 5.91 Å². The molecule has 1 amide bonds. The number of aromatic amines is 1. The van der Waals surface area contributed by atoms with Gasteiger partial charge >= 0.3 is 0 Å². The molecule has 0 radical (unpaired) electrons. The van der Waals surface area contributed by atoms with Crippen molar-refractivity contribution in [2.24, 2.45) is 0 Å². The van der Waals surface area contributed by atoms with Crippen molar-refractivity contribution < 1.29 is 4.79 Å². The van der Waals surface area contributed by atoms with Crippen LogP contribution in [-0.2, 0) is 11.2 Å². The van der Waals surface area contributed by atoms with Crippen molar-refractivity contribution in [2.75, 3.05) is 19.6 Å². The highest BCUT2D eigenvalue weighted by Crippen LogP contribution is 2.15. The number of pyridine rings is 1. The smallest absolute Gasteiger partial charge is 0.220 e. The number of aryl methyl sites for hydroxylation is 1. The molecule has 118 valence electrons. The molecule has 3 rings (SSSR count). The van der Waals surface area contributed by atoms with E-state index in [4.69, 9.17) is 0 Å². The van der Waals surface area contributed by atoms with Gasteiger partial charge in [0.25, 0.3) is 0 Å². The van der Waals surface area contributed by atoms with Crippen LogP contribution in [0.5, 0.6) is 0 Å². The molecule has 2 N–H and O–H groups in total. The molecule has 1 fully saturated rings. The van der Waals surface area contributed by atoms with Crippen LogP contribution in [0.2, 0.25) is 0 Å². The Morgan fingerprint density at radius 1 is 1.55 bits per heavy atom. The number of carbonyl (C=O) groups excluding carboxylic acids is 1. The van der Waals surface area contributed by atoms with E-state index < -0.39 is 0 Å². The first-order valence-corrected chi connectivity index (χ1v) is 8.06. The maximum Gasteiger partial charge on any atom is 0.220 e. The molecule has 0 aliphatic carbocycles. The van der Waals surface area contributed by atoms with Gasteiger partial charge in [-0.3, -0.25) is 9.69 Å². The van der Waals surface area contributed by atoms with Gasteiger partial charge in [-0.05, 0) is 38.1 Å². The second kappa shape index (κ2) is 6.87. The van der Waals surface area contributed by atoms with Crippen LogP contribution in [0.4, 0.5) is 0 Å².